The van der Waals surface area contributed by atoms with Crippen LogP contribution in [-0.2, 0) is 13.1 Å². The number of anilines is 2. The smallest absolute Gasteiger partial charge is 0.247 e. The Balaban J connectivity index is 1.36. The first-order valence-corrected chi connectivity index (χ1v) is 9.74. The highest BCUT2D eigenvalue weighted by molar-refractivity contribution is 5.42. The van der Waals surface area contributed by atoms with Crippen molar-refractivity contribution >= 4 is 11.8 Å². The summed E-state index contributed by atoms with van der Waals surface area (Å²) in [5.74, 6) is 1.57. The van der Waals surface area contributed by atoms with Crippen LogP contribution in [0.15, 0.2) is 66.9 Å². The molecule has 0 aliphatic carbocycles. The molecule has 2 aromatic carbocycles. The van der Waals surface area contributed by atoms with E-state index in [0.717, 1.165) is 45.1 Å². The van der Waals surface area contributed by atoms with E-state index in [1.165, 1.54) is 11.1 Å². The van der Waals surface area contributed by atoms with Gasteiger partial charge in [0.05, 0.1) is 6.20 Å². The van der Waals surface area contributed by atoms with Crippen LogP contribution < -0.4 is 9.80 Å². The molecule has 0 atom stereocenters. The van der Waals surface area contributed by atoms with Crippen molar-refractivity contribution < 1.29 is 0 Å². The molecule has 4 rings (SSSR count). The zero-order valence-corrected chi connectivity index (χ0v) is 16.3. The average molecular weight is 374 g/mol. The van der Waals surface area contributed by atoms with Crippen LogP contribution in [0, 0.1) is 0 Å². The van der Waals surface area contributed by atoms with Crippen molar-refractivity contribution in [3.63, 3.8) is 0 Å². The van der Waals surface area contributed by atoms with Gasteiger partial charge in [0, 0.05) is 46.3 Å². The maximum Gasteiger partial charge on any atom is 0.247 e. The highest BCUT2D eigenvalue weighted by Gasteiger charge is 2.19. The standard InChI is InChI=1S/C22H26N6/c1-26(17-19-8-4-2-5-9-19)22-24-21(16-23-25-22)28-14-12-27(13-15-28)18-20-10-6-3-7-11-20/h2-11,16H,12-15,17-18H2,1H3. The molecule has 0 unspecified atom stereocenters. The topological polar surface area (TPSA) is 48.4 Å². The molecule has 0 radical (unpaired) electrons. The third-order valence-electron chi connectivity index (χ3n) is 5.08. The van der Waals surface area contributed by atoms with E-state index in [4.69, 9.17) is 4.98 Å². The molecular weight excluding hydrogens is 348 g/mol. The summed E-state index contributed by atoms with van der Waals surface area (Å²) in [6.45, 7) is 5.71. The molecule has 1 aliphatic rings. The Morgan fingerprint density at radius 2 is 1.50 bits per heavy atom. The Morgan fingerprint density at radius 3 is 2.18 bits per heavy atom. The molecule has 0 spiro atoms. The summed E-state index contributed by atoms with van der Waals surface area (Å²) >= 11 is 0. The highest BCUT2D eigenvalue weighted by Crippen LogP contribution is 2.17. The van der Waals surface area contributed by atoms with Gasteiger partial charge in [-0.15, -0.1) is 5.10 Å². The molecule has 0 saturated carbocycles. The van der Waals surface area contributed by atoms with E-state index < -0.39 is 0 Å². The highest BCUT2D eigenvalue weighted by atomic mass is 15.4. The molecule has 0 bridgehead atoms. The first-order valence-electron chi connectivity index (χ1n) is 9.74. The summed E-state index contributed by atoms with van der Waals surface area (Å²) in [5, 5.41) is 8.43. The van der Waals surface area contributed by atoms with Gasteiger partial charge >= 0.3 is 0 Å². The fraction of sp³-hybridized carbons (Fsp3) is 0.318. The Kier molecular flexibility index (Phi) is 5.77. The average Bonchev–Trinajstić information content (AvgIpc) is 2.76. The summed E-state index contributed by atoms with van der Waals surface area (Å²) in [5.41, 5.74) is 2.60. The number of nitrogens with zero attached hydrogens (tertiary/aromatic N) is 6. The van der Waals surface area contributed by atoms with Crippen LogP contribution in [0.3, 0.4) is 0 Å². The number of benzene rings is 2. The van der Waals surface area contributed by atoms with Crippen molar-refractivity contribution in [1.29, 1.82) is 0 Å². The molecule has 0 amide bonds. The zero-order chi connectivity index (χ0) is 19.2. The first kappa shape index (κ1) is 18.4. The molecule has 1 fully saturated rings. The summed E-state index contributed by atoms with van der Waals surface area (Å²) in [6, 6.07) is 21.0. The van der Waals surface area contributed by atoms with E-state index >= 15 is 0 Å². The van der Waals surface area contributed by atoms with E-state index in [2.05, 4.69) is 62.5 Å². The van der Waals surface area contributed by atoms with Gasteiger partial charge in [0.1, 0.15) is 0 Å². The van der Waals surface area contributed by atoms with Gasteiger partial charge in [-0.2, -0.15) is 10.1 Å². The number of hydrogen-bond donors (Lipinski definition) is 0. The Morgan fingerprint density at radius 1 is 0.857 bits per heavy atom. The lowest BCUT2D eigenvalue weighted by molar-refractivity contribution is 0.249. The van der Waals surface area contributed by atoms with Crippen molar-refractivity contribution in [3.05, 3.63) is 78.0 Å². The molecule has 0 N–H and O–H groups in total. The van der Waals surface area contributed by atoms with E-state index in [0.29, 0.717) is 5.95 Å². The summed E-state index contributed by atoms with van der Waals surface area (Å²) in [4.78, 5) is 11.6. The molecule has 3 aromatic rings. The fourth-order valence-electron chi connectivity index (χ4n) is 3.50. The van der Waals surface area contributed by atoms with Gasteiger partial charge in [-0.25, -0.2) is 0 Å². The second-order valence-electron chi connectivity index (χ2n) is 7.21. The van der Waals surface area contributed by atoms with Crippen LogP contribution in [0.1, 0.15) is 11.1 Å². The number of rotatable bonds is 6. The normalized spacial score (nSPS) is 14.8. The molecule has 1 saturated heterocycles. The second-order valence-corrected chi connectivity index (χ2v) is 7.21. The Bertz CT molecular complexity index is 862. The first-order chi connectivity index (χ1) is 13.8. The third kappa shape index (κ3) is 4.64. The summed E-state index contributed by atoms with van der Waals surface area (Å²) in [7, 11) is 2.01. The number of hydrogen-bond acceptors (Lipinski definition) is 6. The number of aromatic nitrogens is 3. The van der Waals surface area contributed by atoms with E-state index in [1.807, 2.05) is 30.1 Å². The molecule has 6 heteroatoms. The van der Waals surface area contributed by atoms with Gasteiger partial charge in [0.25, 0.3) is 0 Å². The minimum atomic E-state index is 0.660. The van der Waals surface area contributed by atoms with Gasteiger partial charge < -0.3 is 9.80 Å². The number of piperazine rings is 1. The van der Waals surface area contributed by atoms with Crippen molar-refractivity contribution in [3.8, 4) is 0 Å². The van der Waals surface area contributed by atoms with Crippen LogP contribution in [0.25, 0.3) is 0 Å². The van der Waals surface area contributed by atoms with Gasteiger partial charge in [0.15, 0.2) is 5.82 Å². The molecule has 1 aliphatic heterocycles. The van der Waals surface area contributed by atoms with E-state index in [-0.39, 0.29) is 0 Å². The fourth-order valence-corrected chi connectivity index (χ4v) is 3.50. The van der Waals surface area contributed by atoms with Crippen LogP contribution in [-0.4, -0.2) is 53.3 Å². The summed E-state index contributed by atoms with van der Waals surface area (Å²) < 4.78 is 0. The van der Waals surface area contributed by atoms with Crippen LogP contribution in [0.2, 0.25) is 0 Å². The quantitative estimate of drug-likeness (QED) is 0.661. The predicted molar refractivity (Wildman–Crippen MR) is 112 cm³/mol. The monoisotopic (exact) mass is 374 g/mol. The lowest BCUT2D eigenvalue weighted by Crippen LogP contribution is -2.46. The zero-order valence-electron chi connectivity index (χ0n) is 16.3. The lowest BCUT2D eigenvalue weighted by atomic mass is 10.2. The largest absolute Gasteiger partial charge is 0.353 e. The van der Waals surface area contributed by atoms with Gasteiger partial charge in [-0.05, 0) is 11.1 Å². The minimum Gasteiger partial charge on any atom is -0.353 e. The SMILES string of the molecule is CN(Cc1ccccc1)c1nncc(N2CCN(Cc3ccccc3)CC2)n1. The summed E-state index contributed by atoms with van der Waals surface area (Å²) in [6.07, 6.45) is 1.77. The van der Waals surface area contributed by atoms with Crippen LogP contribution >= 0.6 is 0 Å². The minimum absolute atomic E-state index is 0.660. The molecule has 144 valence electrons. The predicted octanol–water partition coefficient (Wildman–Crippen LogP) is 2.83. The van der Waals surface area contributed by atoms with Crippen molar-refractivity contribution in [2.24, 2.45) is 0 Å². The van der Waals surface area contributed by atoms with Crippen molar-refractivity contribution in [2.75, 3.05) is 43.0 Å². The Hall–Kier alpha value is -2.99. The molecule has 28 heavy (non-hydrogen) atoms. The molecule has 2 heterocycles. The van der Waals surface area contributed by atoms with E-state index in [1.54, 1.807) is 6.20 Å². The van der Waals surface area contributed by atoms with Crippen LogP contribution in [0.5, 0.6) is 0 Å². The lowest BCUT2D eigenvalue weighted by Gasteiger charge is -2.35. The maximum absolute atomic E-state index is 4.76. The Labute approximate surface area is 166 Å². The molecule has 1 aromatic heterocycles. The van der Waals surface area contributed by atoms with E-state index in [9.17, 15) is 0 Å². The second kappa shape index (κ2) is 8.80. The molecule has 6 nitrogen and oxygen atoms in total. The van der Waals surface area contributed by atoms with Gasteiger partial charge in [-0.1, -0.05) is 60.7 Å². The van der Waals surface area contributed by atoms with Gasteiger partial charge in [-0.3, -0.25) is 4.90 Å². The van der Waals surface area contributed by atoms with Gasteiger partial charge in [0.2, 0.25) is 5.95 Å². The molecular formula is C22H26N6. The van der Waals surface area contributed by atoms with Crippen LogP contribution in [0.4, 0.5) is 11.8 Å². The van der Waals surface area contributed by atoms with Crippen molar-refractivity contribution in [1.82, 2.24) is 20.1 Å². The van der Waals surface area contributed by atoms with Crippen molar-refractivity contribution in [2.45, 2.75) is 13.1 Å². The maximum atomic E-state index is 4.76. The third-order valence-corrected chi connectivity index (χ3v) is 5.08.